The minimum absolute atomic E-state index is 0.0416. The molecule has 0 aliphatic heterocycles. The van der Waals surface area contributed by atoms with Gasteiger partial charge < -0.3 is 14.6 Å². The van der Waals surface area contributed by atoms with E-state index in [0.717, 1.165) is 23.5 Å². The predicted octanol–water partition coefficient (Wildman–Crippen LogP) is 3.33. The molecule has 0 unspecified atom stereocenters. The summed E-state index contributed by atoms with van der Waals surface area (Å²) < 4.78 is 5.22. The molecule has 1 heterocycles. The summed E-state index contributed by atoms with van der Waals surface area (Å²) in [5.74, 6) is 1.61. The average Bonchev–Trinajstić information content (AvgIpc) is 2.78. The molecule has 0 saturated carbocycles. The van der Waals surface area contributed by atoms with Gasteiger partial charge in [-0.1, -0.05) is 0 Å². The minimum Gasteiger partial charge on any atom is -0.504 e. The van der Waals surface area contributed by atoms with Crippen LogP contribution in [0.5, 0.6) is 11.5 Å². The first kappa shape index (κ1) is 11.9. The number of rotatable bonds is 4. The number of phenols is 2. The van der Waals surface area contributed by atoms with Gasteiger partial charge in [0.15, 0.2) is 11.5 Å². The Balaban J connectivity index is 1.99. The van der Waals surface area contributed by atoms with Crippen molar-refractivity contribution in [3.05, 3.63) is 41.9 Å². The summed E-state index contributed by atoms with van der Waals surface area (Å²) >= 11 is 1.50. The van der Waals surface area contributed by atoms with Crippen LogP contribution in [0.15, 0.2) is 39.8 Å². The van der Waals surface area contributed by atoms with E-state index in [-0.39, 0.29) is 11.5 Å². The van der Waals surface area contributed by atoms with Crippen molar-refractivity contribution in [3.8, 4) is 11.5 Å². The van der Waals surface area contributed by atoms with Gasteiger partial charge in [0.25, 0.3) is 0 Å². The fourth-order valence-electron chi connectivity index (χ4n) is 1.55. The van der Waals surface area contributed by atoms with E-state index in [1.807, 2.05) is 25.1 Å². The quantitative estimate of drug-likeness (QED) is 0.645. The highest BCUT2D eigenvalue weighted by atomic mass is 32.2. The molecule has 90 valence electrons. The highest BCUT2D eigenvalue weighted by Gasteiger charge is 2.08. The van der Waals surface area contributed by atoms with Gasteiger partial charge in [-0.25, -0.2) is 0 Å². The summed E-state index contributed by atoms with van der Waals surface area (Å²) in [6.07, 6.45) is 2.45. The maximum atomic E-state index is 9.68. The number of phenolic OH excluding ortho intramolecular Hbond substituents is 2. The SMILES string of the molecule is Cc1cc(O)c(O)c(SCCc2ccco2)c1. The summed E-state index contributed by atoms with van der Waals surface area (Å²) in [5, 5.41) is 19.2. The largest absolute Gasteiger partial charge is 0.504 e. The van der Waals surface area contributed by atoms with Gasteiger partial charge in [-0.05, 0) is 36.8 Å². The molecule has 0 radical (unpaired) electrons. The zero-order chi connectivity index (χ0) is 12.3. The number of hydrogen-bond acceptors (Lipinski definition) is 4. The van der Waals surface area contributed by atoms with Crippen LogP contribution in [0.25, 0.3) is 0 Å². The lowest BCUT2D eigenvalue weighted by Gasteiger charge is -2.06. The highest BCUT2D eigenvalue weighted by Crippen LogP contribution is 2.37. The van der Waals surface area contributed by atoms with Crippen molar-refractivity contribution in [1.29, 1.82) is 0 Å². The van der Waals surface area contributed by atoms with Gasteiger partial charge in [-0.2, -0.15) is 0 Å². The molecule has 17 heavy (non-hydrogen) atoms. The second kappa shape index (κ2) is 5.19. The summed E-state index contributed by atoms with van der Waals surface area (Å²) in [4.78, 5) is 0.703. The molecule has 2 rings (SSSR count). The summed E-state index contributed by atoms with van der Waals surface area (Å²) in [6.45, 7) is 1.88. The molecular weight excluding hydrogens is 236 g/mol. The van der Waals surface area contributed by atoms with Gasteiger partial charge in [0.1, 0.15) is 5.76 Å². The molecule has 0 aliphatic rings. The molecule has 4 heteroatoms. The summed E-state index contributed by atoms with van der Waals surface area (Å²) in [5.41, 5.74) is 0.931. The molecular formula is C13H14O3S. The van der Waals surface area contributed by atoms with Gasteiger partial charge >= 0.3 is 0 Å². The van der Waals surface area contributed by atoms with Gasteiger partial charge in [-0.3, -0.25) is 0 Å². The van der Waals surface area contributed by atoms with Crippen LogP contribution in [0, 0.1) is 6.92 Å². The summed E-state index contributed by atoms with van der Waals surface area (Å²) in [7, 11) is 0. The third-order valence-corrected chi connectivity index (χ3v) is 3.42. The Hall–Kier alpha value is -1.55. The third kappa shape index (κ3) is 2.97. The Morgan fingerprint density at radius 2 is 2.12 bits per heavy atom. The second-order valence-corrected chi connectivity index (χ2v) is 4.95. The number of hydrogen-bond donors (Lipinski definition) is 2. The fourth-order valence-corrected chi connectivity index (χ4v) is 2.59. The molecule has 0 fully saturated rings. The van der Waals surface area contributed by atoms with Crippen molar-refractivity contribution >= 4 is 11.8 Å². The molecule has 0 spiro atoms. The van der Waals surface area contributed by atoms with E-state index in [2.05, 4.69) is 0 Å². The topological polar surface area (TPSA) is 53.6 Å². The van der Waals surface area contributed by atoms with Crippen LogP contribution in [0.4, 0.5) is 0 Å². The molecule has 2 N–H and O–H groups in total. The Bertz CT molecular complexity index is 492. The van der Waals surface area contributed by atoms with Crippen LogP contribution in [0.1, 0.15) is 11.3 Å². The normalized spacial score (nSPS) is 10.6. The monoisotopic (exact) mass is 250 g/mol. The smallest absolute Gasteiger partial charge is 0.171 e. The van der Waals surface area contributed by atoms with Gasteiger partial charge in [0.2, 0.25) is 0 Å². The Morgan fingerprint density at radius 3 is 2.82 bits per heavy atom. The van der Waals surface area contributed by atoms with Crippen LogP contribution >= 0.6 is 11.8 Å². The maximum Gasteiger partial charge on any atom is 0.171 e. The lowest BCUT2D eigenvalue weighted by molar-refractivity contribution is 0.394. The molecule has 0 amide bonds. The van der Waals surface area contributed by atoms with E-state index < -0.39 is 0 Å². The van der Waals surface area contributed by atoms with E-state index >= 15 is 0 Å². The molecule has 2 aromatic rings. The Labute approximate surface area is 104 Å². The van der Waals surface area contributed by atoms with Gasteiger partial charge in [0.05, 0.1) is 11.2 Å². The molecule has 1 aromatic carbocycles. The van der Waals surface area contributed by atoms with E-state index in [9.17, 15) is 10.2 Å². The lowest BCUT2D eigenvalue weighted by Crippen LogP contribution is -1.87. The Kier molecular flexibility index (Phi) is 3.64. The molecule has 0 atom stereocenters. The average molecular weight is 250 g/mol. The van der Waals surface area contributed by atoms with E-state index in [1.165, 1.54) is 11.8 Å². The van der Waals surface area contributed by atoms with Crippen LogP contribution in [0.3, 0.4) is 0 Å². The first-order chi connectivity index (χ1) is 8.16. The predicted molar refractivity (Wildman–Crippen MR) is 67.6 cm³/mol. The molecule has 1 aromatic heterocycles. The number of benzene rings is 1. The van der Waals surface area contributed by atoms with Crippen molar-refractivity contribution in [3.63, 3.8) is 0 Å². The van der Waals surface area contributed by atoms with Crippen LogP contribution < -0.4 is 0 Å². The highest BCUT2D eigenvalue weighted by molar-refractivity contribution is 7.99. The van der Waals surface area contributed by atoms with Gasteiger partial charge in [-0.15, -0.1) is 11.8 Å². The van der Waals surface area contributed by atoms with Gasteiger partial charge in [0, 0.05) is 12.2 Å². The van der Waals surface area contributed by atoms with Crippen molar-refractivity contribution in [2.75, 3.05) is 5.75 Å². The van der Waals surface area contributed by atoms with Crippen LogP contribution in [-0.2, 0) is 6.42 Å². The first-order valence-corrected chi connectivity index (χ1v) is 6.33. The molecule has 0 bridgehead atoms. The molecule has 3 nitrogen and oxygen atoms in total. The summed E-state index contributed by atoms with van der Waals surface area (Å²) in [6, 6.07) is 7.19. The lowest BCUT2D eigenvalue weighted by atomic mass is 10.2. The molecule has 0 saturated heterocycles. The number of furan rings is 1. The second-order valence-electron chi connectivity index (χ2n) is 3.81. The van der Waals surface area contributed by atoms with Crippen LogP contribution in [0.2, 0.25) is 0 Å². The number of aryl methyl sites for hydroxylation is 2. The van der Waals surface area contributed by atoms with Crippen molar-refractivity contribution in [2.45, 2.75) is 18.2 Å². The van der Waals surface area contributed by atoms with Crippen molar-refractivity contribution in [2.24, 2.45) is 0 Å². The van der Waals surface area contributed by atoms with E-state index in [1.54, 1.807) is 12.3 Å². The standard InChI is InChI=1S/C13H14O3S/c1-9-7-11(14)13(15)12(8-9)17-6-4-10-3-2-5-16-10/h2-3,5,7-8,14-15H,4,6H2,1H3. The Morgan fingerprint density at radius 1 is 1.29 bits per heavy atom. The van der Waals surface area contributed by atoms with E-state index in [0.29, 0.717) is 4.90 Å². The van der Waals surface area contributed by atoms with Crippen molar-refractivity contribution < 1.29 is 14.6 Å². The van der Waals surface area contributed by atoms with Crippen molar-refractivity contribution in [1.82, 2.24) is 0 Å². The van der Waals surface area contributed by atoms with Crippen LogP contribution in [-0.4, -0.2) is 16.0 Å². The fraction of sp³-hybridized carbons (Fsp3) is 0.231. The molecule has 0 aliphatic carbocycles. The first-order valence-electron chi connectivity index (χ1n) is 5.34. The zero-order valence-electron chi connectivity index (χ0n) is 9.51. The number of thioether (sulfide) groups is 1. The third-order valence-electron chi connectivity index (χ3n) is 2.39. The number of aromatic hydroxyl groups is 2. The van der Waals surface area contributed by atoms with E-state index in [4.69, 9.17) is 4.42 Å². The maximum absolute atomic E-state index is 9.68. The minimum atomic E-state index is -0.0644. The zero-order valence-corrected chi connectivity index (χ0v) is 10.3.